The van der Waals surface area contributed by atoms with Gasteiger partial charge in [-0.2, -0.15) is 0 Å². The lowest BCUT2D eigenvalue weighted by molar-refractivity contribution is 0.124. The summed E-state index contributed by atoms with van der Waals surface area (Å²) in [5.41, 5.74) is 2.70. The van der Waals surface area contributed by atoms with Crippen LogP contribution >= 0.6 is 11.6 Å². The Morgan fingerprint density at radius 1 is 1.29 bits per heavy atom. The first kappa shape index (κ1) is 10.0. The Balaban J connectivity index is 1.90. The molecule has 1 aromatic rings. The smallest absolute Gasteiger partial charge is 0.0671 e. The van der Waals surface area contributed by atoms with E-state index in [2.05, 4.69) is 43.0 Å². The quantitative estimate of drug-likeness (QED) is 0.678. The Morgan fingerprint density at radius 3 is 2.36 bits per heavy atom. The average Bonchev–Trinajstić information content (AvgIpc) is 2.06. The van der Waals surface area contributed by atoms with Gasteiger partial charge in [-0.25, -0.2) is 0 Å². The van der Waals surface area contributed by atoms with Crippen molar-refractivity contribution in [2.45, 2.75) is 25.3 Å². The van der Waals surface area contributed by atoms with Crippen LogP contribution in [0.3, 0.4) is 0 Å². The monoisotopic (exact) mass is 209 g/mol. The van der Waals surface area contributed by atoms with Crippen LogP contribution in [-0.4, -0.2) is 22.9 Å². The fraction of sp³-hybridized carbons (Fsp3) is 0.500. The highest BCUT2D eigenvalue weighted by atomic mass is 35.5. The van der Waals surface area contributed by atoms with Gasteiger partial charge in [0.15, 0.2) is 0 Å². The van der Waals surface area contributed by atoms with E-state index in [9.17, 15) is 0 Å². The van der Waals surface area contributed by atoms with Crippen molar-refractivity contribution in [2.75, 3.05) is 13.1 Å². The van der Waals surface area contributed by atoms with Gasteiger partial charge in [0.25, 0.3) is 0 Å². The van der Waals surface area contributed by atoms with Crippen molar-refractivity contribution in [3.8, 4) is 0 Å². The normalized spacial score (nSPS) is 20.5. The molecule has 0 amide bonds. The molecule has 0 spiro atoms. The van der Waals surface area contributed by atoms with Crippen molar-refractivity contribution in [3.05, 3.63) is 35.4 Å². The number of hydrogen-bond acceptors (Lipinski definition) is 1. The number of rotatable bonds is 2. The number of alkyl halides is 1. The van der Waals surface area contributed by atoms with Crippen molar-refractivity contribution in [1.29, 1.82) is 0 Å². The topological polar surface area (TPSA) is 3.24 Å². The van der Waals surface area contributed by atoms with Crippen LogP contribution in [0.4, 0.5) is 0 Å². The molecular weight excluding hydrogens is 194 g/mol. The molecule has 76 valence electrons. The molecule has 0 atom stereocenters. The van der Waals surface area contributed by atoms with Gasteiger partial charge in [0, 0.05) is 19.6 Å². The van der Waals surface area contributed by atoms with Crippen LogP contribution in [0.15, 0.2) is 24.3 Å². The van der Waals surface area contributed by atoms with Gasteiger partial charge in [-0.1, -0.05) is 29.8 Å². The second-order valence-electron chi connectivity index (χ2n) is 4.54. The maximum absolute atomic E-state index is 6.15. The lowest BCUT2D eigenvalue weighted by atomic mass is 10.0. The molecular formula is C12H16ClN. The zero-order valence-electron chi connectivity index (χ0n) is 8.76. The predicted molar refractivity (Wildman–Crippen MR) is 60.7 cm³/mol. The molecule has 0 radical (unpaired) electrons. The van der Waals surface area contributed by atoms with E-state index in [4.69, 9.17) is 11.6 Å². The summed E-state index contributed by atoms with van der Waals surface area (Å²) in [5, 5.41) is 0. The molecule has 0 aromatic heterocycles. The van der Waals surface area contributed by atoms with Crippen LogP contribution in [0.2, 0.25) is 0 Å². The third-order valence-electron chi connectivity index (χ3n) is 2.63. The Hall–Kier alpha value is -0.530. The van der Waals surface area contributed by atoms with Crippen molar-refractivity contribution in [3.63, 3.8) is 0 Å². The lowest BCUT2D eigenvalue weighted by Gasteiger charge is -2.43. The molecule has 0 bridgehead atoms. The van der Waals surface area contributed by atoms with Crippen LogP contribution in [0.5, 0.6) is 0 Å². The van der Waals surface area contributed by atoms with Crippen molar-refractivity contribution in [1.82, 2.24) is 4.90 Å². The summed E-state index contributed by atoms with van der Waals surface area (Å²) in [6.07, 6.45) is 0. The van der Waals surface area contributed by atoms with Crippen molar-refractivity contribution >= 4 is 11.6 Å². The average molecular weight is 210 g/mol. The molecule has 0 unspecified atom stereocenters. The maximum Gasteiger partial charge on any atom is 0.0671 e. The zero-order chi connectivity index (χ0) is 10.2. The van der Waals surface area contributed by atoms with Crippen molar-refractivity contribution in [2.24, 2.45) is 0 Å². The first-order chi connectivity index (χ1) is 6.55. The van der Waals surface area contributed by atoms with Crippen LogP contribution < -0.4 is 0 Å². The van der Waals surface area contributed by atoms with Crippen LogP contribution in [0.25, 0.3) is 0 Å². The summed E-state index contributed by atoms with van der Waals surface area (Å²) in [5.74, 6) is 0. The van der Waals surface area contributed by atoms with Gasteiger partial charge in [0.05, 0.1) is 4.87 Å². The fourth-order valence-electron chi connectivity index (χ4n) is 1.95. The molecule has 1 heterocycles. The predicted octanol–water partition coefficient (Wildman–Crippen LogP) is 2.81. The number of hydrogen-bond donors (Lipinski definition) is 0. The molecule has 0 saturated carbocycles. The first-order valence-corrected chi connectivity index (χ1v) is 5.40. The third-order valence-corrected chi connectivity index (χ3v) is 2.87. The van der Waals surface area contributed by atoms with Crippen LogP contribution in [0, 0.1) is 6.92 Å². The minimum Gasteiger partial charge on any atom is -0.296 e. The molecule has 2 rings (SSSR count). The molecule has 0 aliphatic carbocycles. The molecule has 14 heavy (non-hydrogen) atoms. The second-order valence-corrected chi connectivity index (χ2v) is 5.46. The van der Waals surface area contributed by atoms with E-state index in [1.54, 1.807) is 0 Å². The SMILES string of the molecule is Cc1ccc(CN2CC(C)(Cl)C2)cc1. The molecule has 1 fully saturated rings. The summed E-state index contributed by atoms with van der Waals surface area (Å²) >= 11 is 6.15. The Bertz CT molecular complexity index is 308. The minimum absolute atomic E-state index is 0.0185. The van der Waals surface area contributed by atoms with Gasteiger partial charge in [0.2, 0.25) is 0 Å². The van der Waals surface area contributed by atoms with Crippen molar-refractivity contribution < 1.29 is 0 Å². The van der Waals surface area contributed by atoms with E-state index in [0.717, 1.165) is 19.6 Å². The highest BCUT2D eigenvalue weighted by Crippen LogP contribution is 2.28. The fourth-order valence-corrected chi connectivity index (χ4v) is 2.29. The van der Waals surface area contributed by atoms with Gasteiger partial charge >= 0.3 is 0 Å². The number of benzene rings is 1. The Kier molecular flexibility index (Phi) is 2.54. The van der Waals surface area contributed by atoms with E-state index >= 15 is 0 Å². The molecule has 1 saturated heterocycles. The number of nitrogens with zero attached hydrogens (tertiary/aromatic N) is 1. The summed E-state index contributed by atoms with van der Waals surface area (Å²) in [6, 6.07) is 8.71. The molecule has 1 nitrogen and oxygen atoms in total. The first-order valence-electron chi connectivity index (χ1n) is 5.02. The summed E-state index contributed by atoms with van der Waals surface area (Å²) < 4.78 is 0. The van der Waals surface area contributed by atoms with E-state index in [0.29, 0.717) is 0 Å². The number of likely N-dealkylation sites (tertiary alicyclic amines) is 1. The highest BCUT2D eigenvalue weighted by molar-refractivity contribution is 6.24. The molecule has 1 aliphatic rings. The minimum atomic E-state index is 0.0185. The van der Waals surface area contributed by atoms with Gasteiger partial charge in [0.1, 0.15) is 0 Å². The summed E-state index contributed by atoms with van der Waals surface area (Å²) in [7, 11) is 0. The van der Waals surface area contributed by atoms with Gasteiger partial charge in [-0.05, 0) is 19.4 Å². The van der Waals surface area contributed by atoms with Crippen LogP contribution in [-0.2, 0) is 6.54 Å². The van der Waals surface area contributed by atoms with Gasteiger partial charge in [-0.3, -0.25) is 4.90 Å². The lowest BCUT2D eigenvalue weighted by Crippen LogP contribution is -2.55. The molecule has 1 aromatic carbocycles. The maximum atomic E-state index is 6.15. The third kappa shape index (κ3) is 2.28. The number of halogens is 1. The molecule has 0 N–H and O–H groups in total. The van der Waals surface area contributed by atoms with E-state index < -0.39 is 0 Å². The van der Waals surface area contributed by atoms with Gasteiger partial charge in [-0.15, -0.1) is 11.6 Å². The van der Waals surface area contributed by atoms with E-state index in [1.807, 2.05) is 0 Å². The molecule has 2 heteroatoms. The zero-order valence-corrected chi connectivity index (χ0v) is 9.51. The van der Waals surface area contributed by atoms with Crippen LogP contribution in [0.1, 0.15) is 18.1 Å². The van der Waals surface area contributed by atoms with Gasteiger partial charge < -0.3 is 0 Å². The molecule has 1 aliphatic heterocycles. The second kappa shape index (κ2) is 3.56. The van der Waals surface area contributed by atoms with E-state index in [1.165, 1.54) is 11.1 Å². The largest absolute Gasteiger partial charge is 0.296 e. The van der Waals surface area contributed by atoms with E-state index in [-0.39, 0.29) is 4.87 Å². The standard InChI is InChI=1S/C12H16ClN/c1-10-3-5-11(6-4-10)7-14-8-12(2,13)9-14/h3-6H,7-9H2,1-2H3. The summed E-state index contributed by atoms with van der Waals surface area (Å²) in [6.45, 7) is 7.25. The highest BCUT2D eigenvalue weighted by Gasteiger charge is 2.36. The number of aryl methyl sites for hydroxylation is 1. The summed E-state index contributed by atoms with van der Waals surface area (Å²) in [4.78, 5) is 2.39. The Morgan fingerprint density at radius 2 is 1.86 bits per heavy atom. The Labute approximate surface area is 90.7 Å².